The van der Waals surface area contributed by atoms with Crippen molar-refractivity contribution >= 4 is 0 Å². The maximum atomic E-state index is 13.1. The minimum absolute atomic E-state index is 0.281. The summed E-state index contributed by atoms with van der Waals surface area (Å²) in [4.78, 5) is 0. The van der Waals surface area contributed by atoms with Crippen LogP contribution in [0.2, 0.25) is 0 Å². The molecule has 84 valence electrons. The lowest BCUT2D eigenvalue weighted by molar-refractivity contribution is 0.624. The number of benzene rings is 1. The third kappa shape index (κ3) is 2.09. The Bertz CT molecular complexity index is 492. The zero-order chi connectivity index (χ0) is 11.5. The standard InChI is InChI=1S/C11H13FN4/c1-8-2-3-9(12)6-11(8)16-7-10(4-5-13)14-15-16/h2-3,6-7H,4-5,13H2,1H3. The zero-order valence-corrected chi connectivity index (χ0v) is 9.02. The summed E-state index contributed by atoms with van der Waals surface area (Å²) >= 11 is 0. The van der Waals surface area contributed by atoms with E-state index < -0.39 is 0 Å². The van der Waals surface area contributed by atoms with Crippen LogP contribution in [-0.2, 0) is 6.42 Å². The van der Waals surface area contributed by atoms with Crippen LogP contribution >= 0.6 is 0 Å². The molecule has 0 radical (unpaired) electrons. The average molecular weight is 220 g/mol. The van der Waals surface area contributed by atoms with Crippen LogP contribution in [0, 0.1) is 12.7 Å². The monoisotopic (exact) mass is 220 g/mol. The van der Waals surface area contributed by atoms with Gasteiger partial charge in [0, 0.05) is 6.42 Å². The van der Waals surface area contributed by atoms with E-state index in [-0.39, 0.29) is 5.82 Å². The minimum atomic E-state index is -0.281. The molecular weight excluding hydrogens is 207 g/mol. The number of hydrogen-bond donors (Lipinski definition) is 1. The normalized spacial score (nSPS) is 10.7. The molecule has 5 heteroatoms. The van der Waals surface area contributed by atoms with Gasteiger partial charge in [0.25, 0.3) is 0 Å². The zero-order valence-electron chi connectivity index (χ0n) is 9.02. The average Bonchev–Trinajstić information content (AvgIpc) is 2.71. The number of rotatable bonds is 3. The molecule has 0 unspecified atom stereocenters. The molecule has 0 spiro atoms. The van der Waals surface area contributed by atoms with Gasteiger partial charge in [-0.15, -0.1) is 5.10 Å². The number of aromatic nitrogens is 3. The number of halogens is 1. The van der Waals surface area contributed by atoms with Gasteiger partial charge in [0.05, 0.1) is 17.6 Å². The Kier molecular flexibility index (Phi) is 2.96. The molecule has 4 nitrogen and oxygen atoms in total. The topological polar surface area (TPSA) is 56.7 Å². The van der Waals surface area contributed by atoms with Crippen molar-refractivity contribution in [3.63, 3.8) is 0 Å². The maximum Gasteiger partial charge on any atom is 0.125 e. The van der Waals surface area contributed by atoms with E-state index in [1.807, 2.05) is 6.92 Å². The van der Waals surface area contributed by atoms with Crippen LogP contribution in [0.3, 0.4) is 0 Å². The van der Waals surface area contributed by atoms with Gasteiger partial charge in [-0.2, -0.15) is 0 Å². The van der Waals surface area contributed by atoms with Crippen molar-refractivity contribution in [2.24, 2.45) is 5.73 Å². The first-order chi connectivity index (χ1) is 7.70. The second-order valence-corrected chi connectivity index (χ2v) is 3.62. The van der Waals surface area contributed by atoms with Crippen molar-refractivity contribution in [3.05, 3.63) is 41.5 Å². The number of nitrogens with zero attached hydrogens (tertiary/aromatic N) is 3. The van der Waals surface area contributed by atoms with Crippen molar-refractivity contribution in [2.75, 3.05) is 6.54 Å². The second kappa shape index (κ2) is 4.40. The van der Waals surface area contributed by atoms with E-state index in [1.165, 1.54) is 12.1 Å². The number of nitrogens with two attached hydrogens (primary N) is 1. The van der Waals surface area contributed by atoms with Crippen molar-refractivity contribution in [1.29, 1.82) is 0 Å². The molecule has 0 aliphatic heterocycles. The molecule has 0 aliphatic rings. The highest BCUT2D eigenvalue weighted by Gasteiger charge is 2.06. The van der Waals surface area contributed by atoms with Gasteiger partial charge in [-0.3, -0.25) is 0 Å². The molecule has 2 aromatic rings. The molecule has 0 bridgehead atoms. The van der Waals surface area contributed by atoms with Crippen LogP contribution in [0.25, 0.3) is 5.69 Å². The third-order valence-corrected chi connectivity index (χ3v) is 2.36. The quantitative estimate of drug-likeness (QED) is 0.846. The largest absolute Gasteiger partial charge is 0.330 e. The highest BCUT2D eigenvalue weighted by Crippen LogP contribution is 2.14. The van der Waals surface area contributed by atoms with E-state index in [0.29, 0.717) is 18.7 Å². The first kappa shape index (κ1) is 10.8. The Morgan fingerprint density at radius 1 is 1.44 bits per heavy atom. The highest BCUT2D eigenvalue weighted by atomic mass is 19.1. The van der Waals surface area contributed by atoms with Gasteiger partial charge in [-0.1, -0.05) is 11.3 Å². The SMILES string of the molecule is Cc1ccc(F)cc1-n1cc(CCN)nn1. The van der Waals surface area contributed by atoms with Gasteiger partial charge < -0.3 is 5.73 Å². The van der Waals surface area contributed by atoms with Crippen LogP contribution in [0.5, 0.6) is 0 Å². The molecule has 2 N–H and O–H groups in total. The summed E-state index contributed by atoms with van der Waals surface area (Å²) in [5.74, 6) is -0.281. The molecule has 16 heavy (non-hydrogen) atoms. The number of aryl methyl sites for hydroxylation is 1. The van der Waals surface area contributed by atoms with Crippen molar-refractivity contribution in [1.82, 2.24) is 15.0 Å². The molecular formula is C11H13FN4. The van der Waals surface area contributed by atoms with Crippen molar-refractivity contribution in [2.45, 2.75) is 13.3 Å². The lowest BCUT2D eigenvalue weighted by Crippen LogP contribution is -2.02. The second-order valence-electron chi connectivity index (χ2n) is 3.62. The fourth-order valence-electron chi connectivity index (χ4n) is 1.51. The minimum Gasteiger partial charge on any atom is -0.330 e. The summed E-state index contributed by atoms with van der Waals surface area (Å²) in [5.41, 5.74) is 7.89. The van der Waals surface area contributed by atoms with E-state index in [9.17, 15) is 4.39 Å². The summed E-state index contributed by atoms with van der Waals surface area (Å²) in [5, 5.41) is 7.92. The Hall–Kier alpha value is -1.75. The molecule has 0 saturated heterocycles. The van der Waals surface area contributed by atoms with Gasteiger partial charge in [0.15, 0.2) is 0 Å². The van der Waals surface area contributed by atoms with Crippen LogP contribution < -0.4 is 5.73 Å². The van der Waals surface area contributed by atoms with E-state index in [1.54, 1.807) is 16.9 Å². The third-order valence-electron chi connectivity index (χ3n) is 2.36. The van der Waals surface area contributed by atoms with E-state index >= 15 is 0 Å². The van der Waals surface area contributed by atoms with Crippen LogP contribution in [0.15, 0.2) is 24.4 Å². The molecule has 1 heterocycles. The molecule has 1 aromatic carbocycles. The fraction of sp³-hybridized carbons (Fsp3) is 0.273. The van der Waals surface area contributed by atoms with Crippen molar-refractivity contribution < 1.29 is 4.39 Å². The Morgan fingerprint density at radius 2 is 2.25 bits per heavy atom. The number of hydrogen-bond acceptors (Lipinski definition) is 3. The lowest BCUT2D eigenvalue weighted by Gasteiger charge is -2.04. The van der Waals surface area contributed by atoms with Gasteiger partial charge in [-0.05, 0) is 31.2 Å². The van der Waals surface area contributed by atoms with E-state index in [4.69, 9.17) is 5.73 Å². The molecule has 0 saturated carbocycles. The molecule has 0 aliphatic carbocycles. The van der Waals surface area contributed by atoms with E-state index in [2.05, 4.69) is 10.3 Å². The Morgan fingerprint density at radius 3 is 3.00 bits per heavy atom. The predicted molar refractivity (Wildman–Crippen MR) is 58.8 cm³/mol. The summed E-state index contributed by atoms with van der Waals surface area (Å²) in [6, 6.07) is 4.59. The first-order valence-electron chi connectivity index (χ1n) is 5.08. The van der Waals surface area contributed by atoms with Gasteiger partial charge >= 0.3 is 0 Å². The Labute approximate surface area is 92.9 Å². The van der Waals surface area contributed by atoms with Gasteiger partial charge in [-0.25, -0.2) is 9.07 Å². The van der Waals surface area contributed by atoms with Gasteiger partial charge in [0.1, 0.15) is 5.82 Å². The van der Waals surface area contributed by atoms with Crippen LogP contribution in [-0.4, -0.2) is 21.5 Å². The van der Waals surface area contributed by atoms with Crippen molar-refractivity contribution in [3.8, 4) is 5.69 Å². The molecule has 0 atom stereocenters. The summed E-state index contributed by atoms with van der Waals surface area (Å²) in [6.07, 6.45) is 2.45. The lowest BCUT2D eigenvalue weighted by atomic mass is 10.2. The summed E-state index contributed by atoms with van der Waals surface area (Å²) < 4.78 is 14.7. The first-order valence-corrected chi connectivity index (χ1v) is 5.08. The van der Waals surface area contributed by atoms with E-state index in [0.717, 1.165) is 11.3 Å². The smallest absolute Gasteiger partial charge is 0.125 e. The fourth-order valence-corrected chi connectivity index (χ4v) is 1.51. The summed E-state index contributed by atoms with van der Waals surface area (Å²) in [7, 11) is 0. The highest BCUT2D eigenvalue weighted by molar-refractivity contribution is 5.39. The summed E-state index contributed by atoms with van der Waals surface area (Å²) in [6.45, 7) is 2.43. The molecule has 0 fully saturated rings. The predicted octanol–water partition coefficient (Wildman–Crippen LogP) is 1.22. The van der Waals surface area contributed by atoms with Gasteiger partial charge in [0.2, 0.25) is 0 Å². The molecule has 0 amide bonds. The molecule has 1 aromatic heterocycles. The van der Waals surface area contributed by atoms with Crippen LogP contribution in [0.1, 0.15) is 11.3 Å². The Balaban J connectivity index is 2.38. The molecule has 2 rings (SSSR count). The van der Waals surface area contributed by atoms with Crippen LogP contribution in [0.4, 0.5) is 4.39 Å². The maximum absolute atomic E-state index is 13.1.